The van der Waals surface area contributed by atoms with Gasteiger partial charge in [0, 0.05) is 29.7 Å². The lowest BCUT2D eigenvalue weighted by Gasteiger charge is -2.10. The number of carbonyl (C=O) groups excluding carboxylic acids is 1. The van der Waals surface area contributed by atoms with Gasteiger partial charge >= 0.3 is 0 Å². The highest BCUT2D eigenvalue weighted by Crippen LogP contribution is 2.21. The highest BCUT2D eigenvalue weighted by atomic mass is 16.5. The molecule has 144 valence electrons. The maximum atomic E-state index is 12.0. The summed E-state index contributed by atoms with van der Waals surface area (Å²) in [5.41, 5.74) is 1.44. The summed E-state index contributed by atoms with van der Waals surface area (Å²) in [4.78, 5) is 25.0. The third-order valence-electron chi connectivity index (χ3n) is 3.84. The molecule has 0 bridgehead atoms. The molecule has 0 atom stereocenters. The molecule has 0 radical (unpaired) electrons. The summed E-state index contributed by atoms with van der Waals surface area (Å²) in [5.74, 6) is 2.37. The molecule has 0 saturated carbocycles. The normalized spacial score (nSPS) is 10.4. The average Bonchev–Trinajstić information content (AvgIpc) is 3.25. The number of nitrogens with zero attached hydrogens (tertiary/aromatic N) is 4. The van der Waals surface area contributed by atoms with E-state index < -0.39 is 0 Å². The minimum atomic E-state index is -0.361. The Morgan fingerprint density at radius 2 is 1.62 bits per heavy atom. The zero-order valence-corrected chi connectivity index (χ0v) is 15.5. The largest absolute Gasteiger partial charge is 0.351 e. The quantitative estimate of drug-likeness (QED) is 0.456. The van der Waals surface area contributed by atoms with Crippen molar-refractivity contribution in [2.75, 3.05) is 16.0 Å². The van der Waals surface area contributed by atoms with E-state index >= 15 is 0 Å². The van der Waals surface area contributed by atoms with Gasteiger partial charge in [-0.05, 0) is 43.3 Å². The van der Waals surface area contributed by atoms with Gasteiger partial charge in [0.05, 0.1) is 6.20 Å². The van der Waals surface area contributed by atoms with Crippen molar-refractivity contribution in [3.8, 4) is 0 Å². The lowest BCUT2D eigenvalue weighted by molar-refractivity contribution is 0.0988. The van der Waals surface area contributed by atoms with E-state index in [4.69, 9.17) is 4.52 Å². The monoisotopic (exact) mass is 387 g/mol. The van der Waals surface area contributed by atoms with Gasteiger partial charge in [-0.15, -0.1) is 0 Å². The average molecular weight is 387 g/mol. The Morgan fingerprint density at radius 3 is 2.31 bits per heavy atom. The number of hydrogen-bond donors (Lipinski definition) is 3. The van der Waals surface area contributed by atoms with Crippen LogP contribution < -0.4 is 16.0 Å². The predicted molar refractivity (Wildman–Crippen MR) is 108 cm³/mol. The van der Waals surface area contributed by atoms with Crippen LogP contribution in [0.4, 0.5) is 28.8 Å². The molecule has 4 aromatic rings. The number of anilines is 5. The van der Waals surface area contributed by atoms with E-state index in [1.54, 1.807) is 24.4 Å². The van der Waals surface area contributed by atoms with Gasteiger partial charge in [-0.1, -0.05) is 11.2 Å². The van der Waals surface area contributed by atoms with E-state index in [2.05, 4.69) is 36.1 Å². The Morgan fingerprint density at radius 1 is 0.862 bits per heavy atom. The van der Waals surface area contributed by atoms with E-state index in [9.17, 15) is 4.79 Å². The summed E-state index contributed by atoms with van der Waals surface area (Å²) in [5, 5.41) is 12.6. The number of hydrogen-bond acceptors (Lipinski definition) is 8. The maximum Gasteiger partial charge on any atom is 0.294 e. The van der Waals surface area contributed by atoms with Gasteiger partial charge in [-0.25, -0.2) is 15.0 Å². The van der Waals surface area contributed by atoms with Crippen molar-refractivity contribution in [1.29, 1.82) is 0 Å². The first-order valence-corrected chi connectivity index (χ1v) is 8.78. The van der Waals surface area contributed by atoms with Gasteiger partial charge in [-0.2, -0.15) is 0 Å². The first kappa shape index (κ1) is 18.1. The van der Waals surface area contributed by atoms with Crippen LogP contribution in [0, 0.1) is 6.92 Å². The van der Waals surface area contributed by atoms with Crippen LogP contribution in [0.3, 0.4) is 0 Å². The molecule has 4 rings (SSSR count). The molecule has 0 unspecified atom stereocenters. The van der Waals surface area contributed by atoms with E-state index in [0.29, 0.717) is 29.0 Å². The van der Waals surface area contributed by atoms with Crippen molar-refractivity contribution >= 4 is 34.7 Å². The zero-order chi connectivity index (χ0) is 20.1. The molecule has 0 spiro atoms. The third-order valence-corrected chi connectivity index (χ3v) is 3.84. The van der Waals surface area contributed by atoms with Gasteiger partial charge in [0.25, 0.3) is 5.91 Å². The number of benzene rings is 1. The van der Waals surface area contributed by atoms with Crippen LogP contribution in [0.15, 0.2) is 71.5 Å². The second-order valence-electron chi connectivity index (χ2n) is 6.06. The smallest absolute Gasteiger partial charge is 0.294 e. The lowest BCUT2D eigenvalue weighted by atomic mass is 10.2. The van der Waals surface area contributed by atoms with Crippen LogP contribution in [0.2, 0.25) is 0 Å². The summed E-state index contributed by atoms with van der Waals surface area (Å²) in [6, 6.07) is 16.1. The van der Waals surface area contributed by atoms with Gasteiger partial charge in [0.2, 0.25) is 5.76 Å². The van der Waals surface area contributed by atoms with Gasteiger partial charge in [-0.3, -0.25) is 4.79 Å². The number of rotatable bonds is 6. The highest BCUT2D eigenvalue weighted by molar-refractivity contribution is 6.02. The van der Waals surface area contributed by atoms with Crippen LogP contribution in [0.25, 0.3) is 0 Å². The number of aromatic nitrogens is 4. The van der Waals surface area contributed by atoms with Crippen molar-refractivity contribution in [3.63, 3.8) is 0 Å². The maximum absolute atomic E-state index is 12.0. The molecule has 0 aliphatic heterocycles. The lowest BCUT2D eigenvalue weighted by Crippen LogP contribution is -2.10. The number of amides is 1. The van der Waals surface area contributed by atoms with Crippen molar-refractivity contribution in [2.24, 2.45) is 0 Å². The fourth-order valence-corrected chi connectivity index (χ4v) is 2.57. The molecule has 0 aliphatic rings. The van der Waals surface area contributed by atoms with Crippen LogP contribution >= 0.6 is 0 Å². The van der Waals surface area contributed by atoms with Gasteiger partial charge < -0.3 is 20.5 Å². The van der Waals surface area contributed by atoms with Gasteiger partial charge in [0.15, 0.2) is 0 Å². The summed E-state index contributed by atoms with van der Waals surface area (Å²) in [6.07, 6.45) is 3.13. The number of nitrogens with one attached hydrogen (secondary N) is 3. The Balaban J connectivity index is 1.44. The molecule has 9 heteroatoms. The Hall–Kier alpha value is -4.27. The van der Waals surface area contributed by atoms with E-state index in [1.165, 1.54) is 12.3 Å². The minimum absolute atomic E-state index is 0.150. The first-order chi connectivity index (χ1) is 14.2. The molecule has 0 aliphatic carbocycles. The second kappa shape index (κ2) is 8.17. The molecule has 9 nitrogen and oxygen atoms in total. The SMILES string of the molecule is Cc1nc(Nc2ccc(NC(=O)c3ccno3)cc2)cc(Nc2ccccn2)n1. The van der Waals surface area contributed by atoms with Crippen molar-refractivity contribution in [1.82, 2.24) is 20.1 Å². The zero-order valence-electron chi connectivity index (χ0n) is 15.5. The van der Waals surface area contributed by atoms with E-state index in [-0.39, 0.29) is 11.7 Å². The molecule has 3 aromatic heterocycles. The molecule has 1 amide bonds. The Labute approximate surface area is 166 Å². The fraction of sp³-hybridized carbons (Fsp3) is 0.0500. The molecule has 0 fully saturated rings. The molecule has 3 heterocycles. The molecule has 3 N–H and O–H groups in total. The first-order valence-electron chi connectivity index (χ1n) is 8.78. The summed E-state index contributed by atoms with van der Waals surface area (Å²) in [7, 11) is 0. The molecular weight excluding hydrogens is 370 g/mol. The Bertz CT molecular complexity index is 1100. The van der Waals surface area contributed by atoms with Crippen molar-refractivity contribution in [2.45, 2.75) is 6.92 Å². The number of carbonyl (C=O) groups is 1. The van der Waals surface area contributed by atoms with E-state index in [0.717, 1.165) is 5.69 Å². The Kier molecular flexibility index (Phi) is 5.10. The predicted octanol–water partition coefficient (Wildman–Crippen LogP) is 3.91. The number of aryl methyl sites for hydroxylation is 1. The van der Waals surface area contributed by atoms with E-state index in [1.807, 2.05) is 37.3 Å². The topological polar surface area (TPSA) is 118 Å². The number of pyridine rings is 1. The van der Waals surface area contributed by atoms with Crippen LogP contribution in [-0.2, 0) is 0 Å². The molecule has 1 aromatic carbocycles. The van der Waals surface area contributed by atoms with Crippen molar-refractivity contribution < 1.29 is 9.32 Å². The molecule has 0 saturated heterocycles. The fourth-order valence-electron chi connectivity index (χ4n) is 2.57. The van der Waals surface area contributed by atoms with Crippen LogP contribution in [-0.4, -0.2) is 26.0 Å². The molecular formula is C20H17N7O2. The van der Waals surface area contributed by atoms with Crippen LogP contribution in [0.1, 0.15) is 16.4 Å². The highest BCUT2D eigenvalue weighted by Gasteiger charge is 2.10. The summed E-state index contributed by atoms with van der Waals surface area (Å²) < 4.78 is 4.84. The minimum Gasteiger partial charge on any atom is -0.351 e. The third kappa shape index (κ3) is 4.72. The summed E-state index contributed by atoms with van der Waals surface area (Å²) in [6.45, 7) is 1.82. The summed E-state index contributed by atoms with van der Waals surface area (Å²) >= 11 is 0. The van der Waals surface area contributed by atoms with Crippen LogP contribution in [0.5, 0.6) is 0 Å². The van der Waals surface area contributed by atoms with Crippen molar-refractivity contribution in [3.05, 3.63) is 78.6 Å². The van der Waals surface area contributed by atoms with Gasteiger partial charge in [0.1, 0.15) is 23.3 Å². The standard InChI is InChI=1S/C20H17N7O2/c1-13-23-18(12-19(24-13)27-17-4-2-3-10-21-17)25-14-5-7-15(8-6-14)26-20(28)16-9-11-22-29-16/h2-12H,1H3,(H,26,28)(H2,21,23,24,25,27). The second-order valence-corrected chi connectivity index (χ2v) is 6.06. The molecule has 29 heavy (non-hydrogen) atoms.